The van der Waals surface area contributed by atoms with E-state index in [1.165, 1.54) is 6.20 Å². The van der Waals surface area contributed by atoms with Crippen LogP contribution in [0.15, 0.2) is 18.3 Å². The van der Waals surface area contributed by atoms with E-state index >= 15 is 0 Å². The lowest BCUT2D eigenvalue weighted by Gasteiger charge is -2.07. The van der Waals surface area contributed by atoms with Gasteiger partial charge >= 0.3 is 5.69 Å². The smallest absolute Gasteiger partial charge is 0.316 e. The van der Waals surface area contributed by atoms with Crippen molar-refractivity contribution in [1.82, 2.24) is 4.98 Å². The van der Waals surface area contributed by atoms with Gasteiger partial charge in [0.2, 0.25) is 5.75 Å². The number of nitro groups is 1. The van der Waals surface area contributed by atoms with Crippen LogP contribution in [0.5, 0.6) is 5.75 Å². The summed E-state index contributed by atoms with van der Waals surface area (Å²) in [5.74, 6) is -0.362. The van der Waals surface area contributed by atoms with Crippen LogP contribution in [0.3, 0.4) is 0 Å². The van der Waals surface area contributed by atoms with E-state index in [4.69, 9.17) is 0 Å². The fourth-order valence-electron chi connectivity index (χ4n) is 1.59. The molecule has 82 valence electrons. The summed E-state index contributed by atoms with van der Waals surface area (Å²) < 4.78 is 0.741. The number of nitro benzene ring substituents is 1. The summed E-state index contributed by atoms with van der Waals surface area (Å²) in [6.07, 6.45) is 1.50. The normalized spacial score (nSPS) is 10.6. The first-order valence-electron chi connectivity index (χ1n) is 4.44. The number of fused-ring (bicyclic) bond motifs is 1. The van der Waals surface area contributed by atoms with Crippen LogP contribution in [0.1, 0.15) is 5.56 Å². The average molecular weight is 330 g/mol. The lowest BCUT2D eigenvalue weighted by atomic mass is 10.1. The number of phenolic OH excluding ortho intramolecular Hbond substituents is 1. The van der Waals surface area contributed by atoms with Crippen LogP contribution in [0, 0.1) is 20.6 Å². The molecule has 16 heavy (non-hydrogen) atoms. The van der Waals surface area contributed by atoms with Crippen LogP contribution in [-0.4, -0.2) is 15.0 Å². The van der Waals surface area contributed by atoms with Crippen LogP contribution in [-0.2, 0) is 0 Å². The maximum Gasteiger partial charge on any atom is 0.316 e. The number of nitrogens with zero attached hydrogens (tertiary/aromatic N) is 2. The summed E-state index contributed by atoms with van der Waals surface area (Å²) in [5, 5.41) is 21.4. The van der Waals surface area contributed by atoms with Gasteiger partial charge in [0, 0.05) is 20.7 Å². The zero-order valence-corrected chi connectivity index (χ0v) is 10.4. The molecule has 0 bridgehead atoms. The van der Waals surface area contributed by atoms with Gasteiger partial charge in [-0.3, -0.25) is 15.1 Å². The Labute approximate surface area is 104 Å². The maximum absolute atomic E-state index is 10.9. The molecule has 0 aliphatic heterocycles. The SMILES string of the molecule is Cc1c([N+](=O)[O-])c(O)c2ncccc2c1I. The van der Waals surface area contributed by atoms with Crippen molar-refractivity contribution in [2.24, 2.45) is 0 Å². The highest BCUT2D eigenvalue weighted by Crippen LogP contribution is 2.39. The first-order valence-corrected chi connectivity index (χ1v) is 5.52. The number of benzene rings is 1. The zero-order valence-electron chi connectivity index (χ0n) is 8.27. The number of hydrogen-bond donors (Lipinski definition) is 1. The van der Waals surface area contributed by atoms with Crippen LogP contribution >= 0.6 is 22.6 Å². The highest BCUT2D eigenvalue weighted by molar-refractivity contribution is 14.1. The Hall–Kier alpha value is -1.44. The minimum atomic E-state index is -0.582. The topological polar surface area (TPSA) is 76.3 Å². The molecule has 0 amide bonds. The third-order valence-corrected chi connectivity index (χ3v) is 3.75. The van der Waals surface area contributed by atoms with Crippen LogP contribution in [0.2, 0.25) is 0 Å². The fraction of sp³-hybridized carbons (Fsp3) is 0.100. The number of rotatable bonds is 1. The summed E-state index contributed by atoms with van der Waals surface area (Å²) in [6.45, 7) is 1.62. The molecule has 5 nitrogen and oxygen atoms in total. The van der Waals surface area contributed by atoms with E-state index in [1.54, 1.807) is 19.1 Å². The van der Waals surface area contributed by atoms with Crippen molar-refractivity contribution in [2.75, 3.05) is 0 Å². The fourth-order valence-corrected chi connectivity index (χ4v) is 2.28. The molecule has 0 spiro atoms. The monoisotopic (exact) mass is 330 g/mol. The second-order valence-corrected chi connectivity index (χ2v) is 4.37. The molecule has 1 aromatic carbocycles. The van der Waals surface area contributed by atoms with E-state index in [0.717, 1.165) is 8.96 Å². The minimum Gasteiger partial charge on any atom is -0.501 e. The molecular weight excluding hydrogens is 323 g/mol. The van der Waals surface area contributed by atoms with Gasteiger partial charge in [0.05, 0.1) is 4.92 Å². The van der Waals surface area contributed by atoms with E-state index in [0.29, 0.717) is 5.56 Å². The van der Waals surface area contributed by atoms with E-state index in [1.807, 2.05) is 22.6 Å². The van der Waals surface area contributed by atoms with Crippen molar-refractivity contribution in [1.29, 1.82) is 0 Å². The maximum atomic E-state index is 10.9. The van der Waals surface area contributed by atoms with Gasteiger partial charge in [-0.1, -0.05) is 6.07 Å². The Bertz CT molecular complexity index is 598. The zero-order chi connectivity index (χ0) is 11.9. The van der Waals surface area contributed by atoms with E-state index in [9.17, 15) is 15.2 Å². The molecule has 6 heteroatoms. The number of aromatic hydroxyl groups is 1. The van der Waals surface area contributed by atoms with E-state index in [2.05, 4.69) is 4.98 Å². The molecule has 2 rings (SSSR count). The number of hydrogen-bond acceptors (Lipinski definition) is 4. The van der Waals surface area contributed by atoms with Crippen molar-refractivity contribution in [3.8, 4) is 5.75 Å². The predicted octanol–water partition coefficient (Wildman–Crippen LogP) is 2.76. The Kier molecular flexibility index (Phi) is 2.66. The number of pyridine rings is 1. The number of phenols is 1. The number of aromatic nitrogens is 1. The van der Waals surface area contributed by atoms with Crippen molar-refractivity contribution >= 4 is 39.2 Å². The van der Waals surface area contributed by atoms with Crippen LogP contribution in [0.4, 0.5) is 5.69 Å². The Morgan fingerprint density at radius 1 is 1.56 bits per heavy atom. The van der Waals surface area contributed by atoms with Gasteiger partial charge in [0.15, 0.2) is 0 Å². The van der Waals surface area contributed by atoms with Crippen molar-refractivity contribution in [3.63, 3.8) is 0 Å². The van der Waals surface area contributed by atoms with Gasteiger partial charge in [0.1, 0.15) is 5.52 Å². The largest absolute Gasteiger partial charge is 0.501 e. The second kappa shape index (κ2) is 3.85. The van der Waals surface area contributed by atoms with Gasteiger partial charge in [-0.15, -0.1) is 0 Å². The molecule has 0 saturated heterocycles. The summed E-state index contributed by atoms with van der Waals surface area (Å²) >= 11 is 2.02. The summed E-state index contributed by atoms with van der Waals surface area (Å²) in [6, 6.07) is 3.51. The van der Waals surface area contributed by atoms with E-state index in [-0.39, 0.29) is 17.0 Å². The molecule has 0 aliphatic rings. The molecule has 0 saturated carbocycles. The highest BCUT2D eigenvalue weighted by atomic mass is 127. The van der Waals surface area contributed by atoms with Crippen LogP contribution < -0.4 is 0 Å². The predicted molar refractivity (Wildman–Crippen MR) is 67.5 cm³/mol. The molecule has 0 unspecified atom stereocenters. The van der Waals surface area contributed by atoms with Crippen molar-refractivity contribution in [3.05, 3.63) is 37.6 Å². The first-order chi connectivity index (χ1) is 7.54. The highest BCUT2D eigenvalue weighted by Gasteiger charge is 2.24. The summed E-state index contributed by atoms with van der Waals surface area (Å²) in [5.41, 5.74) is 0.461. The lowest BCUT2D eigenvalue weighted by molar-refractivity contribution is -0.386. The molecule has 0 atom stereocenters. The molecule has 0 fully saturated rings. The van der Waals surface area contributed by atoms with Gasteiger partial charge in [0.25, 0.3) is 0 Å². The van der Waals surface area contributed by atoms with Crippen molar-refractivity contribution < 1.29 is 10.0 Å². The molecule has 0 radical (unpaired) electrons. The average Bonchev–Trinajstić information content (AvgIpc) is 2.26. The lowest BCUT2D eigenvalue weighted by Crippen LogP contribution is -1.97. The van der Waals surface area contributed by atoms with Gasteiger partial charge < -0.3 is 5.11 Å². The molecule has 2 aromatic rings. The third kappa shape index (κ3) is 1.49. The standard InChI is InChI=1S/C10H7IN2O3/c1-5-7(11)6-3-2-4-12-8(6)10(14)9(5)13(15)16/h2-4,14H,1H3. The van der Waals surface area contributed by atoms with Crippen LogP contribution in [0.25, 0.3) is 10.9 Å². The first kappa shape index (κ1) is 11.1. The molecule has 1 aromatic heterocycles. The summed E-state index contributed by atoms with van der Waals surface area (Å²) in [7, 11) is 0. The Morgan fingerprint density at radius 3 is 2.88 bits per heavy atom. The number of halogens is 1. The molecule has 0 aliphatic carbocycles. The quantitative estimate of drug-likeness (QED) is 0.496. The molecule has 1 N–H and O–H groups in total. The van der Waals surface area contributed by atoms with E-state index < -0.39 is 4.92 Å². The minimum absolute atomic E-state index is 0.268. The van der Waals surface area contributed by atoms with Crippen molar-refractivity contribution in [2.45, 2.75) is 6.92 Å². The van der Waals surface area contributed by atoms with Gasteiger partial charge in [-0.2, -0.15) is 0 Å². The summed E-state index contributed by atoms with van der Waals surface area (Å²) in [4.78, 5) is 14.2. The van der Waals surface area contributed by atoms with Gasteiger partial charge in [-0.25, -0.2) is 0 Å². The molecule has 1 heterocycles. The third-order valence-electron chi connectivity index (χ3n) is 2.36. The molecular formula is C10H7IN2O3. The Balaban J connectivity index is 3.00. The second-order valence-electron chi connectivity index (χ2n) is 3.29. The Morgan fingerprint density at radius 2 is 2.25 bits per heavy atom. The van der Waals surface area contributed by atoms with Gasteiger partial charge in [-0.05, 0) is 35.6 Å².